The van der Waals surface area contributed by atoms with E-state index < -0.39 is 10.8 Å². The first-order valence-electron chi connectivity index (χ1n) is 6.51. The number of rotatable bonds is 5. The zero-order valence-electron chi connectivity index (χ0n) is 10.7. The van der Waals surface area contributed by atoms with Gasteiger partial charge in [0.2, 0.25) is 5.91 Å². The van der Waals surface area contributed by atoms with Crippen molar-refractivity contribution in [3.05, 3.63) is 20.8 Å². The second-order valence-corrected chi connectivity index (χ2v) is 8.64. The van der Waals surface area contributed by atoms with Crippen LogP contribution in [0, 0.1) is 0 Å². The summed E-state index contributed by atoms with van der Waals surface area (Å²) in [6, 6.07) is 2.26. The first kappa shape index (κ1) is 15.2. The van der Waals surface area contributed by atoms with Gasteiger partial charge in [0.15, 0.2) is 0 Å². The molecule has 1 fully saturated rings. The minimum atomic E-state index is -1.12. The molecule has 1 aliphatic rings. The molecule has 0 aliphatic heterocycles. The lowest BCUT2D eigenvalue weighted by Crippen LogP contribution is -2.38. The summed E-state index contributed by atoms with van der Waals surface area (Å²) in [6.07, 6.45) is 5.78. The fourth-order valence-electron chi connectivity index (χ4n) is 2.32. The van der Waals surface area contributed by atoms with Gasteiger partial charge in [-0.15, -0.1) is 11.3 Å². The van der Waals surface area contributed by atoms with Crippen LogP contribution in [0.15, 0.2) is 15.2 Å². The second-order valence-electron chi connectivity index (χ2n) is 4.89. The van der Waals surface area contributed by atoms with Crippen molar-refractivity contribution in [3.63, 3.8) is 0 Å². The van der Waals surface area contributed by atoms with Gasteiger partial charge in [-0.2, -0.15) is 0 Å². The van der Waals surface area contributed by atoms with Crippen molar-refractivity contribution in [2.75, 3.05) is 5.75 Å². The van der Waals surface area contributed by atoms with Crippen LogP contribution >= 0.6 is 27.3 Å². The minimum absolute atomic E-state index is 0.0699. The highest BCUT2D eigenvalue weighted by molar-refractivity contribution is 9.11. The summed E-state index contributed by atoms with van der Waals surface area (Å²) in [5.41, 5.74) is 1.03. The van der Waals surface area contributed by atoms with E-state index in [1.165, 1.54) is 19.3 Å². The summed E-state index contributed by atoms with van der Waals surface area (Å²) < 4.78 is 12.9. The number of hydrogen-bond donors (Lipinski definition) is 1. The predicted molar refractivity (Wildman–Crippen MR) is 83.7 cm³/mol. The summed E-state index contributed by atoms with van der Waals surface area (Å²) in [4.78, 5) is 11.8. The van der Waals surface area contributed by atoms with Gasteiger partial charge in [-0.1, -0.05) is 19.3 Å². The van der Waals surface area contributed by atoms with Gasteiger partial charge in [-0.25, -0.2) is 0 Å². The van der Waals surface area contributed by atoms with Crippen molar-refractivity contribution < 1.29 is 9.00 Å². The molecule has 0 saturated heterocycles. The fraction of sp³-hybridized carbons (Fsp3) is 0.615. The van der Waals surface area contributed by atoms with E-state index in [1.54, 1.807) is 11.3 Å². The molecule has 106 valence electrons. The number of carbonyl (C=O) groups excluding carboxylic acids is 1. The molecule has 3 nitrogen and oxygen atoms in total. The van der Waals surface area contributed by atoms with E-state index in [2.05, 4.69) is 21.2 Å². The van der Waals surface area contributed by atoms with Gasteiger partial charge >= 0.3 is 0 Å². The SMILES string of the molecule is O=C(CS(=O)Cc1csc(Br)c1)NC1CCCCC1. The molecule has 0 radical (unpaired) electrons. The topological polar surface area (TPSA) is 46.2 Å². The molecule has 0 aromatic carbocycles. The third-order valence-electron chi connectivity index (χ3n) is 3.21. The monoisotopic (exact) mass is 363 g/mol. The smallest absolute Gasteiger partial charge is 0.232 e. The molecule has 0 spiro atoms. The van der Waals surface area contributed by atoms with Crippen molar-refractivity contribution >= 4 is 44.0 Å². The Morgan fingerprint density at radius 1 is 1.42 bits per heavy atom. The van der Waals surface area contributed by atoms with Crippen molar-refractivity contribution in [1.82, 2.24) is 5.32 Å². The molecule has 1 atom stereocenters. The summed E-state index contributed by atoms with van der Waals surface area (Å²) >= 11 is 4.95. The van der Waals surface area contributed by atoms with Crippen molar-refractivity contribution in [1.29, 1.82) is 0 Å². The maximum absolute atomic E-state index is 11.9. The molecule has 1 heterocycles. The van der Waals surface area contributed by atoms with E-state index in [9.17, 15) is 9.00 Å². The average Bonchev–Trinajstić information content (AvgIpc) is 2.75. The molecule has 1 unspecified atom stereocenters. The molecule has 1 aromatic heterocycles. The van der Waals surface area contributed by atoms with Crippen LogP contribution in [-0.2, 0) is 21.3 Å². The van der Waals surface area contributed by atoms with Gasteiger partial charge in [0.05, 0.1) is 3.79 Å². The summed E-state index contributed by atoms with van der Waals surface area (Å²) in [5, 5.41) is 4.98. The van der Waals surface area contributed by atoms with E-state index in [-0.39, 0.29) is 11.7 Å². The molecular weight excluding hydrogens is 346 g/mol. The molecule has 6 heteroatoms. The lowest BCUT2D eigenvalue weighted by molar-refractivity contribution is -0.119. The molecule has 1 aliphatic carbocycles. The summed E-state index contributed by atoms with van der Waals surface area (Å²) in [6.45, 7) is 0. The molecule has 0 bridgehead atoms. The lowest BCUT2D eigenvalue weighted by atomic mass is 9.95. The lowest BCUT2D eigenvalue weighted by Gasteiger charge is -2.22. The third kappa shape index (κ3) is 5.36. The molecule has 19 heavy (non-hydrogen) atoms. The number of carbonyl (C=O) groups is 1. The Morgan fingerprint density at radius 3 is 2.79 bits per heavy atom. The number of thiophene rings is 1. The van der Waals surface area contributed by atoms with E-state index in [4.69, 9.17) is 0 Å². The van der Waals surface area contributed by atoms with Crippen LogP contribution in [0.25, 0.3) is 0 Å². The third-order valence-corrected chi connectivity index (χ3v) is 6.00. The van der Waals surface area contributed by atoms with Gasteiger partial charge in [-0.05, 0) is 45.8 Å². The van der Waals surface area contributed by atoms with E-state index in [0.717, 1.165) is 22.2 Å². The van der Waals surface area contributed by atoms with Crippen LogP contribution in [0.1, 0.15) is 37.7 Å². The summed E-state index contributed by atoms with van der Waals surface area (Å²) in [5.74, 6) is 0.504. The van der Waals surface area contributed by atoms with Crippen LogP contribution in [0.3, 0.4) is 0 Å². The largest absolute Gasteiger partial charge is 0.353 e. The first-order chi connectivity index (χ1) is 9.13. The predicted octanol–water partition coefficient (Wildman–Crippen LogP) is 3.21. The van der Waals surface area contributed by atoms with Crippen molar-refractivity contribution in [2.45, 2.75) is 43.9 Å². The highest BCUT2D eigenvalue weighted by Crippen LogP contribution is 2.21. The molecule has 1 N–H and O–H groups in total. The van der Waals surface area contributed by atoms with Crippen molar-refractivity contribution in [2.24, 2.45) is 0 Å². The Bertz CT molecular complexity index is 455. The maximum Gasteiger partial charge on any atom is 0.232 e. The van der Waals surface area contributed by atoms with E-state index in [1.807, 2.05) is 11.4 Å². The zero-order valence-corrected chi connectivity index (χ0v) is 13.9. The Hall–Kier alpha value is -0.200. The summed E-state index contributed by atoms with van der Waals surface area (Å²) in [7, 11) is -1.12. The number of hydrogen-bond acceptors (Lipinski definition) is 3. The van der Waals surface area contributed by atoms with Gasteiger partial charge in [0, 0.05) is 22.6 Å². The minimum Gasteiger partial charge on any atom is -0.353 e. The standard InChI is InChI=1S/C13H18BrNO2S2/c14-12-6-10(7-18-12)8-19(17)9-13(16)15-11-4-2-1-3-5-11/h6-7,11H,1-5,8-9H2,(H,15,16). The molecule has 2 rings (SSSR count). The van der Waals surface area contributed by atoms with Crippen LogP contribution < -0.4 is 5.32 Å². The highest BCUT2D eigenvalue weighted by Gasteiger charge is 2.17. The number of nitrogens with one attached hydrogen (secondary N) is 1. The van der Waals surface area contributed by atoms with E-state index in [0.29, 0.717) is 11.8 Å². The molecule has 1 saturated carbocycles. The zero-order chi connectivity index (χ0) is 13.7. The fourth-order valence-corrected chi connectivity index (χ4v) is 4.65. The Balaban J connectivity index is 1.73. The van der Waals surface area contributed by atoms with Crippen molar-refractivity contribution in [3.8, 4) is 0 Å². The van der Waals surface area contributed by atoms with Crippen LogP contribution in [0.4, 0.5) is 0 Å². The average molecular weight is 364 g/mol. The normalized spacial score (nSPS) is 18.2. The van der Waals surface area contributed by atoms with Crippen LogP contribution in [-0.4, -0.2) is 21.9 Å². The highest BCUT2D eigenvalue weighted by atomic mass is 79.9. The van der Waals surface area contributed by atoms with E-state index >= 15 is 0 Å². The Labute approximate surface area is 128 Å². The second kappa shape index (κ2) is 7.55. The quantitative estimate of drug-likeness (QED) is 0.872. The first-order valence-corrected chi connectivity index (χ1v) is 9.67. The number of halogens is 1. The number of amides is 1. The van der Waals surface area contributed by atoms with Gasteiger partial charge in [-0.3, -0.25) is 9.00 Å². The maximum atomic E-state index is 11.9. The van der Waals surface area contributed by atoms with Crippen LogP contribution in [0.5, 0.6) is 0 Å². The molecular formula is C13H18BrNO2S2. The molecule has 1 aromatic rings. The Kier molecular flexibility index (Phi) is 6.04. The van der Waals surface area contributed by atoms with Gasteiger partial charge in [0.1, 0.15) is 5.75 Å². The van der Waals surface area contributed by atoms with Gasteiger partial charge in [0.25, 0.3) is 0 Å². The Morgan fingerprint density at radius 2 is 2.16 bits per heavy atom. The van der Waals surface area contributed by atoms with Gasteiger partial charge < -0.3 is 5.32 Å². The molecule has 1 amide bonds. The van der Waals surface area contributed by atoms with Crippen LogP contribution in [0.2, 0.25) is 0 Å².